The molecule has 1 fully saturated rings. The Morgan fingerprint density at radius 3 is 2.88 bits per heavy atom. The van der Waals surface area contributed by atoms with Crippen LogP contribution in [0.25, 0.3) is 33.0 Å². The van der Waals surface area contributed by atoms with Gasteiger partial charge in [-0.3, -0.25) is 9.78 Å². The van der Waals surface area contributed by atoms with Gasteiger partial charge in [0, 0.05) is 42.5 Å². The number of H-pyrrole nitrogens is 1. The van der Waals surface area contributed by atoms with E-state index in [1.807, 2.05) is 5.38 Å². The zero-order chi connectivity index (χ0) is 22.5. The second kappa shape index (κ2) is 7.38. The lowest BCUT2D eigenvalue weighted by molar-refractivity contribution is -0.164. The number of alkyl halides is 3. The second-order valence-corrected chi connectivity index (χ2v) is 8.38. The number of nitrogens with one attached hydrogen (secondary N) is 1. The van der Waals surface area contributed by atoms with E-state index in [0.29, 0.717) is 32.3 Å². The van der Waals surface area contributed by atoms with Gasteiger partial charge in [-0.15, -0.1) is 11.3 Å². The highest BCUT2D eigenvalue weighted by Gasteiger charge is 2.49. The first kappa shape index (κ1) is 20.6. The third kappa shape index (κ3) is 3.53. The number of hydrogen-bond acceptors (Lipinski definition) is 6. The predicted octanol–water partition coefficient (Wildman–Crippen LogP) is 3.73. The van der Waals surface area contributed by atoms with Crippen LogP contribution in [0.3, 0.4) is 0 Å². The van der Waals surface area contributed by atoms with Crippen molar-refractivity contribution in [3.05, 3.63) is 53.8 Å². The topological polar surface area (TPSA) is 95.0 Å². The van der Waals surface area contributed by atoms with Gasteiger partial charge in [0.1, 0.15) is 17.1 Å². The summed E-state index contributed by atoms with van der Waals surface area (Å²) < 4.78 is 38.2. The molecule has 32 heavy (non-hydrogen) atoms. The smallest absolute Gasteiger partial charge is 0.375 e. The molecule has 164 valence electrons. The number of nitrogens with zero attached hydrogens (tertiary/aromatic N) is 4. The van der Waals surface area contributed by atoms with Crippen LogP contribution in [0.5, 0.6) is 0 Å². The number of aromatic amines is 1. The van der Waals surface area contributed by atoms with Gasteiger partial charge in [0.15, 0.2) is 11.2 Å². The van der Waals surface area contributed by atoms with Gasteiger partial charge in [-0.2, -0.15) is 13.2 Å². The van der Waals surface area contributed by atoms with Gasteiger partial charge >= 0.3 is 6.18 Å². The van der Waals surface area contributed by atoms with Gasteiger partial charge in [-0.1, -0.05) is 18.2 Å². The van der Waals surface area contributed by atoms with Crippen molar-refractivity contribution in [3.63, 3.8) is 0 Å². The standard InChI is InChI=1S/C21H16F3N5O2S/c22-21(23,24)11-29-7-4-20(31,19(29)30)13-3-1-2-12(8-13)15-10-32-18(28-15)14-9-27-17-16(14)25-5-6-26-17/h1-3,5-6,8-10,31H,4,7,11H2,(H,26,27)/t20-/m0/s1. The van der Waals surface area contributed by atoms with Crippen LogP contribution in [0.15, 0.2) is 48.2 Å². The second-order valence-electron chi connectivity index (χ2n) is 7.53. The molecule has 7 nitrogen and oxygen atoms in total. The predicted molar refractivity (Wildman–Crippen MR) is 112 cm³/mol. The van der Waals surface area contributed by atoms with E-state index in [1.54, 1.807) is 42.9 Å². The molecule has 1 saturated heterocycles. The fourth-order valence-electron chi connectivity index (χ4n) is 3.88. The molecular formula is C21H16F3N5O2S. The van der Waals surface area contributed by atoms with Gasteiger partial charge in [0.25, 0.3) is 5.91 Å². The van der Waals surface area contributed by atoms with E-state index in [-0.39, 0.29) is 18.5 Å². The Bertz CT molecular complexity index is 1320. The summed E-state index contributed by atoms with van der Waals surface area (Å²) in [5, 5.41) is 13.5. The molecule has 0 radical (unpaired) electrons. The summed E-state index contributed by atoms with van der Waals surface area (Å²) in [4.78, 5) is 29.5. The molecule has 0 aliphatic carbocycles. The highest BCUT2D eigenvalue weighted by Crippen LogP contribution is 2.37. The number of fused-ring (bicyclic) bond motifs is 1. The largest absolute Gasteiger partial charge is 0.406 e. The van der Waals surface area contributed by atoms with E-state index in [4.69, 9.17) is 0 Å². The number of amides is 1. The lowest BCUT2D eigenvalue weighted by Gasteiger charge is -2.23. The van der Waals surface area contributed by atoms with E-state index in [1.165, 1.54) is 11.3 Å². The third-order valence-corrected chi connectivity index (χ3v) is 6.31. The minimum atomic E-state index is -4.52. The number of thiazole rings is 1. The summed E-state index contributed by atoms with van der Waals surface area (Å²) in [5.41, 5.74) is 1.65. The van der Waals surface area contributed by atoms with Crippen molar-refractivity contribution >= 4 is 28.4 Å². The molecule has 4 aromatic rings. The van der Waals surface area contributed by atoms with Gasteiger partial charge in [-0.25, -0.2) is 9.97 Å². The molecule has 3 aromatic heterocycles. The SMILES string of the molecule is O=C1N(CC(F)(F)F)CC[C@]1(O)c1cccc(-c2csc(-c3c[nH]c4nccnc34)n2)c1. The molecule has 11 heteroatoms. The van der Waals surface area contributed by atoms with Crippen LogP contribution in [-0.4, -0.2) is 55.1 Å². The summed E-state index contributed by atoms with van der Waals surface area (Å²) in [7, 11) is 0. The van der Waals surface area contributed by atoms with Gasteiger partial charge < -0.3 is 15.0 Å². The van der Waals surface area contributed by atoms with Crippen molar-refractivity contribution in [1.29, 1.82) is 0 Å². The summed E-state index contributed by atoms with van der Waals surface area (Å²) in [5.74, 6) is -0.941. The van der Waals surface area contributed by atoms with Crippen LogP contribution < -0.4 is 0 Å². The fraction of sp³-hybridized carbons (Fsp3) is 0.238. The summed E-state index contributed by atoms with van der Waals surface area (Å²) in [6.07, 6.45) is 0.332. The van der Waals surface area contributed by atoms with Crippen LogP contribution in [0.1, 0.15) is 12.0 Å². The Balaban J connectivity index is 1.45. The Morgan fingerprint density at radius 1 is 1.25 bits per heavy atom. The van der Waals surface area contributed by atoms with E-state index < -0.39 is 24.2 Å². The minimum absolute atomic E-state index is 0.109. The molecule has 0 unspecified atom stereocenters. The Hall–Kier alpha value is -3.31. The van der Waals surface area contributed by atoms with Crippen molar-refractivity contribution in [3.8, 4) is 21.8 Å². The van der Waals surface area contributed by atoms with Crippen molar-refractivity contribution in [2.45, 2.75) is 18.2 Å². The molecular weight excluding hydrogens is 443 g/mol. The zero-order valence-corrected chi connectivity index (χ0v) is 17.2. The monoisotopic (exact) mass is 459 g/mol. The minimum Gasteiger partial charge on any atom is -0.375 e. The molecule has 1 aromatic carbocycles. The lowest BCUT2D eigenvalue weighted by Crippen LogP contribution is -2.41. The number of hydrogen-bond donors (Lipinski definition) is 2. The first-order valence-corrected chi connectivity index (χ1v) is 10.6. The normalized spacial score (nSPS) is 19.2. The van der Waals surface area contributed by atoms with Gasteiger partial charge in [0.05, 0.1) is 11.3 Å². The number of benzene rings is 1. The van der Waals surface area contributed by atoms with E-state index in [0.717, 1.165) is 5.56 Å². The number of aromatic nitrogens is 4. The molecule has 4 heterocycles. The summed E-state index contributed by atoms with van der Waals surface area (Å²) in [6.45, 7) is -1.54. The quantitative estimate of drug-likeness (QED) is 0.485. The highest BCUT2D eigenvalue weighted by molar-refractivity contribution is 7.13. The zero-order valence-electron chi connectivity index (χ0n) is 16.4. The van der Waals surface area contributed by atoms with E-state index in [9.17, 15) is 23.1 Å². The molecule has 0 bridgehead atoms. The summed E-state index contributed by atoms with van der Waals surface area (Å²) in [6, 6.07) is 6.57. The Kier molecular flexibility index (Phi) is 4.75. The number of rotatable bonds is 4. The molecule has 0 saturated carbocycles. The van der Waals surface area contributed by atoms with Crippen molar-refractivity contribution < 1.29 is 23.1 Å². The maximum Gasteiger partial charge on any atom is 0.406 e. The number of aliphatic hydroxyl groups is 1. The van der Waals surface area contributed by atoms with Gasteiger partial charge in [0.2, 0.25) is 0 Å². The molecule has 2 N–H and O–H groups in total. The molecule has 5 rings (SSSR count). The summed E-state index contributed by atoms with van der Waals surface area (Å²) >= 11 is 1.40. The lowest BCUT2D eigenvalue weighted by atomic mass is 9.90. The number of carbonyl (C=O) groups is 1. The van der Waals surface area contributed by atoms with E-state index in [2.05, 4.69) is 19.9 Å². The van der Waals surface area contributed by atoms with Crippen molar-refractivity contribution in [1.82, 2.24) is 24.8 Å². The fourth-order valence-corrected chi connectivity index (χ4v) is 4.73. The molecule has 1 amide bonds. The average Bonchev–Trinajstić information content (AvgIpc) is 3.48. The van der Waals surface area contributed by atoms with Crippen LogP contribution in [-0.2, 0) is 10.4 Å². The molecule has 1 aliphatic rings. The maximum atomic E-state index is 12.7. The number of likely N-dealkylation sites (tertiary alicyclic amines) is 1. The van der Waals surface area contributed by atoms with Crippen LogP contribution in [0.2, 0.25) is 0 Å². The Morgan fingerprint density at radius 2 is 2.06 bits per heavy atom. The van der Waals surface area contributed by atoms with Crippen molar-refractivity contribution in [2.24, 2.45) is 0 Å². The molecule has 1 aliphatic heterocycles. The van der Waals surface area contributed by atoms with Crippen LogP contribution in [0, 0.1) is 0 Å². The van der Waals surface area contributed by atoms with Crippen LogP contribution in [0.4, 0.5) is 13.2 Å². The Labute approximate surface area is 183 Å². The maximum absolute atomic E-state index is 12.7. The molecule has 0 spiro atoms. The number of halogens is 3. The van der Waals surface area contributed by atoms with E-state index >= 15 is 0 Å². The third-order valence-electron chi connectivity index (χ3n) is 5.43. The van der Waals surface area contributed by atoms with Gasteiger partial charge in [-0.05, 0) is 11.6 Å². The van der Waals surface area contributed by atoms with Crippen molar-refractivity contribution in [2.75, 3.05) is 13.1 Å². The first-order chi connectivity index (χ1) is 15.2. The van der Waals surface area contributed by atoms with Crippen LogP contribution >= 0.6 is 11.3 Å². The first-order valence-electron chi connectivity index (χ1n) is 9.68. The highest BCUT2D eigenvalue weighted by atomic mass is 32.1. The number of carbonyl (C=O) groups excluding carboxylic acids is 1. The molecule has 1 atom stereocenters. The average molecular weight is 459 g/mol.